The molecule has 1 aromatic heterocycles. The Morgan fingerprint density at radius 3 is 2.48 bits per heavy atom. The van der Waals surface area contributed by atoms with Crippen LogP contribution in [0.5, 0.6) is 5.75 Å². The fourth-order valence-electron chi connectivity index (χ4n) is 2.40. The summed E-state index contributed by atoms with van der Waals surface area (Å²) >= 11 is 1.30. The molecule has 0 saturated carbocycles. The number of carbonyl (C=O) groups is 3. The molecule has 3 amide bonds. The molecular weight excluding hydrogens is 396 g/mol. The largest absolute Gasteiger partial charge is 0.497 e. The highest BCUT2D eigenvalue weighted by molar-refractivity contribution is 7.13. The van der Waals surface area contributed by atoms with Crippen LogP contribution in [-0.4, -0.2) is 56.6 Å². The zero-order valence-corrected chi connectivity index (χ0v) is 17.2. The standard InChI is InChI=1S/C19H24N4O5S/c1-27-11-9-20-17(25)13-23(14-3-5-15(28-2)6-4-14)18(26)8-7-16(24)22-19-21-10-12-29-19/h3-6,10,12H,7-9,11,13H2,1-2H3,(H,20,25)(H,21,22,24). The van der Waals surface area contributed by atoms with Gasteiger partial charge < -0.3 is 25.0 Å². The number of thiazole rings is 1. The molecule has 2 N–H and O–H groups in total. The van der Waals surface area contributed by atoms with E-state index in [-0.39, 0.29) is 37.1 Å². The molecule has 0 fully saturated rings. The fourth-order valence-corrected chi connectivity index (χ4v) is 2.95. The van der Waals surface area contributed by atoms with Crippen molar-refractivity contribution in [2.45, 2.75) is 12.8 Å². The first-order valence-corrected chi connectivity index (χ1v) is 9.81. The smallest absolute Gasteiger partial charge is 0.240 e. The third-order valence-corrected chi connectivity index (χ3v) is 4.55. The van der Waals surface area contributed by atoms with Gasteiger partial charge in [-0.25, -0.2) is 4.98 Å². The molecule has 2 rings (SSSR count). The first kappa shape index (κ1) is 22.3. The monoisotopic (exact) mass is 420 g/mol. The summed E-state index contributed by atoms with van der Waals surface area (Å²) in [6.45, 7) is 0.554. The van der Waals surface area contributed by atoms with Crippen LogP contribution in [0.1, 0.15) is 12.8 Å². The molecule has 0 bridgehead atoms. The zero-order chi connectivity index (χ0) is 21.1. The molecule has 0 unspecified atom stereocenters. The number of carbonyl (C=O) groups excluding carboxylic acids is 3. The van der Waals surface area contributed by atoms with Crippen LogP contribution < -0.4 is 20.3 Å². The molecule has 0 saturated heterocycles. The van der Waals surface area contributed by atoms with Crippen LogP contribution in [0.4, 0.5) is 10.8 Å². The summed E-state index contributed by atoms with van der Waals surface area (Å²) in [7, 11) is 3.08. The number of nitrogens with zero attached hydrogens (tertiary/aromatic N) is 2. The summed E-state index contributed by atoms with van der Waals surface area (Å²) in [5.41, 5.74) is 0.540. The van der Waals surface area contributed by atoms with Gasteiger partial charge in [0.15, 0.2) is 5.13 Å². The molecule has 10 heteroatoms. The van der Waals surface area contributed by atoms with Crippen LogP contribution in [0.25, 0.3) is 0 Å². The van der Waals surface area contributed by atoms with Gasteiger partial charge in [0, 0.05) is 43.8 Å². The van der Waals surface area contributed by atoms with Crippen molar-refractivity contribution in [1.29, 1.82) is 0 Å². The average Bonchev–Trinajstić information content (AvgIpc) is 3.23. The third kappa shape index (κ3) is 7.51. The van der Waals surface area contributed by atoms with Crippen molar-refractivity contribution in [3.63, 3.8) is 0 Å². The van der Waals surface area contributed by atoms with Gasteiger partial charge in [-0.2, -0.15) is 0 Å². The number of rotatable bonds is 11. The second kappa shape index (κ2) is 11.8. The van der Waals surface area contributed by atoms with Crippen LogP contribution >= 0.6 is 11.3 Å². The van der Waals surface area contributed by atoms with E-state index in [0.29, 0.717) is 29.7 Å². The Balaban J connectivity index is 2.00. The van der Waals surface area contributed by atoms with Gasteiger partial charge in [-0.1, -0.05) is 0 Å². The molecule has 0 aliphatic carbocycles. The minimum atomic E-state index is -0.341. The van der Waals surface area contributed by atoms with E-state index in [1.807, 2.05) is 0 Å². The van der Waals surface area contributed by atoms with Gasteiger partial charge in [0.05, 0.1) is 13.7 Å². The molecule has 0 radical (unpaired) electrons. The molecule has 1 aromatic carbocycles. The molecule has 0 aliphatic heterocycles. The molecular formula is C19H24N4O5S. The van der Waals surface area contributed by atoms with Crippen molar-refractivity contribution in [3.8, 4) is 5.75 Å². The van der Waals surface area contributed by atoms with Gasteiger partial charge in [0.1, 0.15) is 12.3 Å². The minimum absolute atomic E-state index is 0.0175. The van der Waals surface area contributed by atoms with E-state index in [9.17, 15) is 14.4 Å². The van der Waals surface area contributed by atoms with Crippen molar-refractivity contribution in [3.05, 3.63) is 35.8 Å². The Hall–Kier alpha value is -2.98. The lowest BCUT2D eigenvalue weighted by Crippen LogP contribution is -2.42. The van der Waals surface area contributed by atoms with E-state index in [2.05, 4.69) is 15.6 Å². The molecule has 156 valence electrons. The van der Waals surface area contributed by atoms with Gasteiger partial charge in [-0.05, 0) is 24.3 Å². The lowest BCUT2D eigenvalue weighted by molar-refractivity contribution is -0.125. The lowest BCUT2D eigenvalue weighted by atomic mass is 10.2. The number of hydrogen-bond acceptors (Lipinski definition) is 7. The van der Waals surface area contributed by atoms with Crippen LogP contribution in [0.2, 0.25) is 0 Å². The molecule has 0 spiro atoms. The van der Waals surface area contributed by atoms with Gasteiger partial charge in [-0.3, -0.25) is 14.4 Å². The maximum absolute atomic E-state index is 12.8. The summed E-state index contributed by atoms with van der Waals surface area (Å²) in [6.07, 6.45) is 1.52. The van der Waals surface area contributed by atoms with Gasteiger partial charge >= 0.3 is 0 Å². The van der Waals surface area contributed by atoms with Crippen molar-refractivity contribution in [2.75, 3.05) is 44.1 Å². The summed E-state index contributed by atoms with van der Waals surface area (Å²) in [4.78, 5) is 42.3. The SMILES string of the molecule is COCCNC(=O)CN(C(=O)CCC(=O)Nc1nccs1)c1ccc(OC)cc1. The van der Waals surface area contributed by atoms with Gasteiger partial charge in [-0.15, -0.1) is 11.3 Å². The predicted molar refractivity (Wildman–Crippen MR) is 110 cm³/mol. The van der Waals surface area contributed by atoms with E-state index < -0.39 is 0 Å². The van der Waals surface area contributed by atoms with E-state index in [4.69, 9.17) is 9.47 Å². The van der Waals surface area contributed by atoms with Crippen molar-refractivity contribution in [1.82, 2.24) is 10.3 Å². The maximum atomic E-state index is 12.8. The summed E-state index contributed by atoms with van der Waals surface area (Å²) in [5, 5.41) is 7.54. The molecule has 1 heterocycles. The molecule has 0 aliphatic rings. The minimum Gasteiger partial charge on any atom is -0.497 e. The first-order valence-electron chi connectivity index (χ1n) is 8.93. The van der Waals surface area contributed by atoms with Crippen molar-refractivity contribution < 1.29 is 23.9 Å². The summed E-state index contributed by atoms with van der Waals surface area (Å²) in [6, 6.07) is 6.78. The predicted octanol–water partition coefficient (Wildman–Crippen LogP) is 1.67. The third-order valence-electron chi connectivity index (χ3n) is 3.86. The first-order chi connectivity index (χ1) is 14.0. The van der Waals surface area contributed by atoms with Crippen LogP contribution in [-0.2, 0) is 19.1 Å². The highest BCUT2D eigenvalue weighted by atomic mass is 32.1. The molecule has 2 aromatic rings. The lowest BCUT2D eigenvalue weighted by Gasteiger charge is -2.22. The zero-order valence-electron chi connectivity index (χ0n) is 16.3. The number of hydrogen-bond donors (Lipinski definition) is 2. The Bertz CT molecular complexity index is 795. The number of aromatic nitrogens is 1. The number of benzene rings is 1. The quantitative estimate of drug-likeness (QED) is 0.535. The van der Waals surface area contributed by atoms with Crippen LogP contribution in [0, 0.1) is 0 Å². The highest BCUT2D eigenvalue weighted by Crippen LogP contribution is 2.20. The number of anilines is 2. The van der Waals surface area contributed by atoms with E-state index in [1.54, 1.807) is 43.0 Å². The number of methoxy groups -OCH3 is 2. The Morgan fingerprint density at radius 1 is 1.10 bits per heavy atom. The highest BCUT2D eigenvalue weighted by Gasteiger charge is 2.20. The van der Waals surface area contributed by atoms with E-state index >= 15 is 0 Å². The normalized spacial score (nSPS) is 10.3. The summed E-state index contributed by atoms with van der Waals surface area (Å²) < 4.78 is 10.0. The van der Waals surface area contributed by atoms with E-state index in [0.717, 1.165) is 0 Å². The second-order valence-electron chi connectivity index (χ2n) is 5.91. The van der Waals surface area contributed by atoms with E-state index in [1.165, 1.54) is 23.3 Å². The topological polar surface area (TPSA) is 110 Å². The van der Waals surface area contributed by atoms with Crippen LogP contribution in [0.3, 0.4) is 0 Å². The Kier molecular flexibility index (Phi) is 9.06. The van der Waals surface area contributed by atoms with Crippen LogP contribution in [0.15, 0.2) is 35.8 Å². The number of ether oxygens (including phenoxy) is 2. The average molecular weight is 420 g/mol. The number of amides is 3. The van der Waals surface area contributed by atoms with Gasteiger partial charge in [0.2, 0.25) is 17.7 Å². The number of nitrogens with one attached hydrogen (secondary N) is 2. The maximum Gasteiger partial charge on any atom is 0.240 e. The summed E-state index contributed by atoms with van der Waals surface area (Å²) in [5.74, 6) is -0.342. The Morgan fingerprint density at radius 2 is 1.86 bits per heavy atom. The Labute approximate surface area is 173 Å². The molecule has 29 heavy (non-hydrogen) atoms. The second-order valence-corrected chi connectivity index (χ2v) is 6.80. The van der Waals surface area contributed by atoms with Crippen molar-refractivity contribution >= 4 is 39.9 Å². The van der Waals surface area contributed by atoms with Crippen molar-refractivity contribution in [2.24, 2.45) is 0 Å². The molecule has 0 atom stereocenters. The molecule has 9 nitrogen and oxygen atoms in total. The van der Waals surface area contributed by atoms with Gasteiger partial charge in [0.25, 0.3) is 0 Å². The fraction of sp³-hybridized carbons (Fsp3) is 0.368.